The zero-order valence-electron chi connectivity index (χ0n) is 21.1. The maximum atomic E-state index is 13.0. The van der Waals surface area contributed by atoms with E-state index in [1.807, 2.05) is 27.7 Å². The standard InChI is InChI=1S/C26H33F3N2O5/c1-5-17-14-18(12-13-31(17)24(32)35-25(2,3)4)33-15-20-22(30-36-23(20)16-10-11-16)19-8-6-7-9-21(19)34-26(27,28)29/h6-9,16-18H,5,10-15H2,1-4H3/t17-,18-/m1/s1. The first-order chi connectivity index (χ1) is 16.9. The summed E-state index contributed by atoms with van der Waals surface area (Å²) in [6.07, 6.45) is -1.37. The molecule has 1 saturated heterocycles. The van der Waals surface area contributed by atoms with Crippen molar-refractivity contribution in [2.45, 2.75) is 96.4 Å². The molecule has 2 heterocycles. The molecule has 1 saturated carbocycles. The summed E-state index contributed by atoms with van der Waals surface area (Å²) >= 11 is 0. The number of amides is 1. The SMILES string of the molecule is CC[C@@H]1C[C@H](OCc2c(-c3ccccc3OC(F)(F)F)noc2C2CC2)CCN1C(=O)OC(C)(C)C. The number of carbonyl (C=O) groups is 1. The summed E-state index contributed by atoms with van der Waals surface area (Å²) in [5, 5.41) is 4.13. The Labute approximate surface area is 208 Å². The van der Waals surface area contributed by atoms with Crippen LogP contribution in [0.25, 0.3) is 11.3 Å². The van der Waals surface area contributed by atoms with Crippen LogP contribution < -0.4 is 4.74 Å². The van der Waals surface area contributed by atoms with Crippen molar-refractivity contribution in [1.82, 2.24) is 10.1 Å². The normalized spacial score (nSPS) is 20.9. The van der Waals surface area contributed by atoms with Crippen LogP contribution in [0.15, 0.2) is 28.8 Å². The van der Waals surface area contributed by atoms with Crippen LogP contribution in [-0.2, 0) is 16.1 Å². The van der Waals surface area contributed by atoms with Gasteiger partial charge in [-0.2, -0.15) is 0 Å². The number of piperidine rings is 1. The van der Waals surface area contributed by atoms with Crippen molar-refractivity contribution >= 4 is 6.09 Å². The number of carbonyl (C=O) groups excluding carboxylic acids is 1. The molecule has 0 radical (unpaired) electrons. The van der Waals surface area contributed by atoms with Gasteiger partial charge in [-0.05, 0) is 65.0 Å². The van der Waals surface area contributed by atoms with E-state index in [9.17, 15) is 18.0 Å². The van der Waals surface area contributed by atoms with Gasteiger partial charge in [-0.3, -0.25) is 0 Å². The van der Waals surface area contributed by atoms with Crippen LogP contribution >= 0.6 is 0 Å². The summed E-state index contributed by atoms with van der Waals surface area (Å²) in [6.45, 7) is 8.20. The van der Waals surface area contributed by atoms with Crippen LogP contribution in [-0.4, -0.2) is 46.8 Å². The smallest absolute Gasteiger partial charge is 0.444 e. The second kappa shape index (κ2) is 10.3. The molecule has 0 N–H and O–H groups in total. The van der Waals surface area contributed by atoms with Gasteiger partial charge in [0, 0.05) is 29.6 Å². The first-order valence-corrected chi connectivity index (χ1v) is 12.4. The zero-order chi connectivity index (χ0) is 26.1. The van der Waals surface area contributed by atoms with Gasteiger partial charge in [0.15, 0.2) is 0 Å². The summed E-state index contributed by atoms with van der Waals surface area (Å²) < 4.78 is 60.7. The van der Waals surface area contributed by atoms with Crippen molar-refractivity contribution < 1.29 is 36.7 Å². The third-order valence-corrected chi connectivity index (χ3v) is 6.36. The molecule has 0 bridgehead atoms. The highest BCUT2D eigenvalue weighted by Gasteiger charge is 2.37. The first kappa shape index (κ1) is 26.3. The number of rotatable bonds is 7. The Hall–Kier alpha value is -2.75. The average Bonchev–Trinajstić information content (AvgIpc) is 3.55. The van der Waals surface area contributed by atoms with E-state index in [0.717, 1.165) is 19.3 Å². The van der Waals surface area contributed by atoms with Crippen molar-refractivity contribution in [2.75, 3.05) is 6.54 Å². The molecule has 1 aliphatic heterocycles. The molecule has 2 aliphatic rings. The summed E-state index contributed by atoms with van der Waals surface area (Å²) in [6, 6.07) is 5.88. The highest BCUT2D eigenvalue weighted by Crippen LogP contribution is 2.46. The van der Waals surface area contributed by atoms with Crippen LogP contribution in [0.3, 0.4) is 0 Å². The van der Waals surface area contributed by atoms with E-state index in [1.54, 1.807) is 11.0 Å². The van der Waals surface area contributed by atoms with Crippen molar-refractivity contribution in [3.63, 3.8) is 0 Å². The summed E-state index contributed by atoms with van der Waals surface area (Å²) in [5.41, 5.74) is 0.585. The van der Waals surface area contributed by atoms with Gasteiger partial charge >= 0.3 is 12.5 Å². The number of benzene rings is 1. The maximum Gasteiger partial charge on any atom is 0.573 e. The predicted octanol–water partition coefficient (Wildman–Crippen LogP) is 6.81. The minimum absolute atomic E-state index is 0.0237. The van der Waals surface area contributed by atoms with Crippen molar-refractivity contribution in [3.05, 3.63) is 35.6 Å². The topological polar surface area (TPSA) is 74.0 Å². The van der Waals surface area contributed by atoms with E-state index in [-0.39, 0.29) is 42.1 Å². The van der Waals surface area contributed by atoms with Gasteiger partial charge in [-0.25, -0.2) is 4.79 Å². The Morgan fingerprint density at radius 3 is 2.53 bits per heavy atom. The molecule has 0 spiro atoms. The predicted molar refractivity (Wildman–Crippen MR) is 125 cm³/mol. The molecule has 10 heteroatoms. The minimum atomic E-state index is -4.83. The molecule has 7 nitrogen and oxygen atoms in total. The van der Waals surface area contributed by atoms with Gasteiger partial charge in [0.25, 0.3) is 0 Å². The summed E-state index contributed by atoms with van der Waals surface area (Å²) in [4.78, 5) is 14.4. The molecule has 2 aromatic rings. The molecule has 1 aromatic carbocycles. The van der Waals surface area contributed by atoms with Crippen LogP contribution in [0.4, 0.5) is 18.0 Å². The maximum absolute atomic E-state index is 13.0. The lowest BCUT2D eigenvalue weighted by Gasteiger charge is -2.39. The molecule has 1 aromatic heterocycles. The Morgan fingerprint density at radius 1 is 1.17 bits per heavy atom. The fourth-order valence-corrected chi connectivity index (χ4v) is 4.53. The molecular formula is C26H33F3N2O5. The number of halogens is 3. The van der Waals surface area contributed by atoms with E-state index in [4.69, 9.17) is 14.0 Å². The third kappa shape index (κ3) is 6.52. The van der Waals surface area contributed by atoms with Crippen molar-refractivity contribution in [2.24, 2.45) is 0 Å². The lowest BCUT2D eigenvalue weighted by atomic mass is 9.97. The van der Waals surface area contributed by atoms with Gasteiger partial charge in [-0.15, -0.1) is 13.2 Å². The monoisotopic (exact) mass is 510 g/mol. The average molecular weight is 511 g/mol. The molecule has 4 rings (SSSR count). The number of likely N-dealkylation sites (tertiary alicyclic amines) is 1. The van der Waals surface area contributed by atoms with Crippen LogP contribution in [0.5, 0.6) is 5.75 Å². The van der Waals surface area contributed by atoms with Gasteiger partial charge in [-0.1, -0.05) is 24.2 Å². The van der Waals surface area contributed by atoms with E-state index in [2.05, 4.69) is 9.89 Å². The number of aromatic nitrogens is 1. The Balaban J connectivity index is 1.50. The molecule has 0 unspecified atom stereocenters. The number of para-hydroxylation sites is 1. The second-order valence-electron chi connectivity index (χ2n) is 10.4. The number of alkyl halides is 3. The molecule has 1 aliphatic carbocycles. The Kier molecular flexibility index (Phi) is 7.54. The summed E-state index contributed by atoms with van der Waals surface area (Å²) in [5.74, 6) is 0.515. The lowest BCUT2D eigenvalue weighted by molar-refractivity contribution is -0.274. The van der Waals surface area contributed by atoms with E-state index < -0.39 is 12.0 Å². The van der Waals surface area contributed by atoms with E-state index in [0.29, 0.717) is 36.4 Å². The number of ether oxygens (including phenoxy) is 3. The minimum Gasteiger partial charge on any atom is -0.444 e. The molecule has 1 amide bonds. The second-order valence-corrected chi connectivity index (χ2v) is 10.4. The van der Waals surface area contributed by atoms with E-state index >= 15 is 0 Å². The van der Waals surface area contributed by atoms with Crippen molar-refractivity contribution in [1.29, 1.82) is 0 Å². The number of nitrogens with zero attached hydrogens (tertiary/aromatic N) is 2. The fraction of sp³-hybridized carbons (Fsp3) is 0.615. The Bertz CT molecular complexity index is 1060. The first-order valence-electron chi connectivity index (χ1n) is 12.4. The van der Waals surface area contributed by atoms with E-state index in [1.165, 1.54) is 18.2 Å². The van der Waals surface area contributed by atoms with Gasteiger partial charge in [0.1, 0.15) is 22.8 Å². The summed E-state index contributed by atoms with van der Waals surface area (Å²) in [7, 11) is 0. The quantitative estimate of drug-likeness (QED) is 0.407. The van der Waals surface area contributed by atoms with Gasteiger partial charge in [0.2, 0.25) is 0 Å². The highest BCUT2D eigenvalue weighted by molar-refractivity contribution is 5.70. The fourth-order valence-electron chi connectivity index (χ4n) is 4.53. The van der Waals surface area contributed by atoms with Crippen LogP contribution in [0.1, 0.15) is 77.0 Å². The van der Waals surface area contributed by atoms with Crippen LogP contribution in [0, 0.1) is 0 Å². The third-order valence-electron chi connectivity index (χ3n) is 6.36. The molecule has 2 fully saturated rings. The molecular weight excluding hydrogens is 477 g/mol. The van der Waals surface area contributed by atoms with Gasteiger partial charge in [0.05, 0.1) is 12.7 Å². The number of hydrogen-bond acceptors (Lipinski definition) is 6. The lowest BCUT2D eigenvalue weighted by Crippen LogP contribution is -2.49. The zero-order valence-corrected chi connectivity index (χ0v) is 21.1. The molecule has 36 heavy (non-hydrogen) atoms. The van der Waals surface area contributed by atoms with Gasteiger partial charge < -0.3 is 23.6 Å². The highest BCUT2D eigenvalue weighted by atomic mass is 19.4. The Morgan fingerprint density at radius 2 is 1.89 bits per heavy atom. The molecule has 2 atom stereocenters. The molecule has 198 valence electrons. The largest absolute Gasteiger partial charge is 0.573 e. The number of hydrogen-bond donors (Lipinski definition) is 0. The van der Waals surface area contributed by atoms with Crippen molar-refractivity contribution in [3.8, 4) is 17.0 Å². The van der Waals surface area contributed by atoms with Crippen LogP contribution in [0.2, 0.25) is 0 Å².